The fourth-order valence-corrected chi connectivity index (χ4v) is 8.36. The Kier molecular flexibility index (Phi) is 6.01. The highest BCUT2D eigenvalue weighted by atomic mass is 16.3. The molecule has 0 saturated carbocycles. The normalized spacial score (nSPS) is 12.6. The van der Waals surface area contributed by atoms with Gasteiger partial charge in [0.25, 0.3) is 0 Å². The molecular weight excluding hydrogens is 621 g/mol. The summed E-state index contributed by atoms with van der Waals surface area (Å²) in [4.78, 5) is 13.4. The van der Waals surface area contributed by atoms with E-state index >= 15 is 0 Å². The molecule has 0 atom stereocenters. The van der Waals surface area contributed by atoms with E-state index in [0.29, 0.717) is 5.95 Å². The monoisotopic (exact) mass is 649 g/mol. The lowest BCUT2D eigenvalue weighted by atomic mass is 9.45. The topological polar surface area (TPSA) is 42.2 Å². The maximum atomic E-state index is 6.81. The van der Waals surface area contributed by atoms with Gasteiger partial charge in [-0.3, -0.25) is 0 Å². The van der Waals surface area contributed by atoms with Gasteiger partial charge in [-0.2, -0.15) is 0 Å². The third kappa shape index (κ3) is 4.09. The summed E-state index contributed by atoms with van der Waals surface area (Å²) < 4.78 is 6.81. The van der Waals surface area contributed by atoms with Crippen molar-refractivity contribution in [2.75, 3.05) is 4.81 Å². The summed E-state index contributed by atoms with van der Waals surface area (Å²) in [5.41, 5.74) is 10.4. The van der Waals surface area contributed by atoms with Crippen LogP contribution in [0.5, 0.6) is 0 Å². The predicted octanol–water partition coefficient (Wildman–Crippen LogP) is 10.4. The van der Waals surface area contributed by atoms with Gasteiger partial charge in [0.1, 0.15) is 11.2 Å². The molecule has 0 saturated heterocycles. The van der Waals surface area contributed by atoms with Crippen molar-refractivity contribution in [3.63, 3.8) is 0 Å². The van der Waals surface area contributed by atoms with Crippen molar-refractivity contribution in [3.05, 3.63) is 170 Å². The van der Waals surface area contributed by atoms with Gasteiger partial charge in [0.2, 0.25) is 5.95 Å². The minimum absolute atomic E-state index is 0.248. The maximum Gasteiger partial charge on any atom is 0.332 e. The van der Waals surface area contributed by atoms with Gasteiger partial charge in [0.05, 0.1) is 22.3 Å². The Labute approximate surface area is 294 Å². The summed E-state index contributed by atoms with van der Waals surface area (Å²) in [6.45, 7) is -0.248. The Morgan fingerprint density at radius 1 is 0.510 bits per heavy atom. The first kappa shape index (κ1) is 28.2. The van der Waals surface area contributed by atoms with E-state index in [4.69, 9.17) is 14.4 Å². The summed E-state index contributed by atoms with van der Waals surface area (Å²) in [6, 6.07) is 60.0. The smallest absolute Gasteiger partial charge is 0.332 e. The average Bonchev–Trinajstić information content (AvgIpc) is 3.60. The Balaban J connectivity index is 1.39. The van der Waals surface area contributed by atoms with Gasteiger partial charge in [-0.25, -0.2) is 9.97 Å². The van der Waals surface area contributed by atoms with E-state index in [1.54, 1.807) is 0 Å². The summed E-state index contributed by atoms with van der Waals surface area (Å²) in [5.74, 6) is 0.642. The molecule has 1 aliphatic heterocycles. The third-order valence-corrected chi connectivity index (χ3v) is 10.5. The Bertz CT molecular complexity index is 2990. The van der Waals surface area contributed by atoms with Gasteiger partial charge < -0.3 is 9.23 Å². The molecule has 2 aromatic heterocycles. The number of anilines is 2. The minimum Gasteiger partial charge on any atom is -0.455 e. The molecule has 0 N–H and O–H groups in total. The quantitative estimate of drug-likeness (QED) is 0.179. The maximum absolute atomic E-state index is 6.81. The Hall–Kier alpha value is -6.72. The molecule has 236 valence electrons. The van der Waals surface area contributed by atoms with Crippen LogP contribution in [0.1, 0.15) is 0 Å². The van der Waals surface area contributed by atoms with Crippen molar-refractivity contribution < 1.29 is 4.42 Å². The summed E-state index contributed by atoms with van der Waals surface area (Å²) in [7, 11) is 0. The molecule has 0 amide bonds. The molecule has 0 radical (unpaired) electrons. The largest absolute Gasteiger partial charge is 0.455 e. The number of hydrogen-bond donors (Lipinski definition) is 0. The second-order valence-electron chi connectivity index (χ2n) is 13.3. The van der Waals surface area contributed by atoms with Crippen LogP contribution in [0.15, 0.2) is 174 Å². The molecule has 0 spiro atoms. The van der Waals surface area contributed by atoms with E-state index in [9.17, 15) is 0 Å². The van der Waals surface area contributed by atoms with Crippen LogP contribution in [0.25, 0.3) is 76.8 Å². The highest BCUT2D eigenvalue weighted by Gasteiger charge is 2.42. The molecule has 51 heavy (non-hydrogen) atoms. The zero-order chi connectivity index (χ0) is 33.5. The standard InChI is InChI=1S/C46H28BN3O/c1-3-16-30(17-4-1)43-35-23-11-13-25-38(35)48-46(49-43)50-44-40(33-21-9-10-22-34(33)45-41(44)36-24-12-14-26-39(36)51-45)37-28-27-29-15-7-8-20-32(29)42(37)47(50)31-18-5-2-6-19-31/h1-28H. The lowest BCUT2D eigenvalue weighted by molar-refractivity contribution is 0.672. The van der Waals surface area contributed by atoms with Crippen molar-refractivity contribution in [3.8, 4) is 22.4 Å². The lowest BCUT2D eigenvalue weighted by Gasteiger charge is -2.39. The van der Waals surface area contributed by atoms with Gasteiger partial charge >= 0.3 is 6.85 Å². The van der Waals surface area contributed by atoms with Gasteiger partial charge in [0, 0.05) is 27.3 Å². The van der Waals surface area contributed by atoms with Crippen LogP contribution in [-0.4, -0.2) is 16.8 Å². The van der Waals surface area contributed by atoms with Crippen LogP contribution in [-0.2, 0) is 0 Å². The molecule has 5 heteroatoms. The zero-order valence-corrected chi connectivity index (χ0v) is 27.5. The van der Waals surface area contributed by atoms with Crippen LogP contribution in [0.4, 0.5) is 11.6 Å². The second kappa shape index (κ2) is 10.9. The fourth-order valence-electron chi connectivity index (χ4n) is 8.36. The number of aromatic nitrogens is 2. The number of fused-ring (bicyclic) bond motifs is 13. The van der Waals surface area contributed by atoms with Gasteiger partial charge in [-0.1, -0.05) is 163 Å². The lowest BCUT2D eigenvalue weighted by Crippen LogP contribution is -2.58. The summed E-state index contributed by atoms with van der Waals surface area (Å²) >= 11 is 0. The van der Waals surface area contributed by atoms with Crippen LogP contribution < -0.4 is 15.7 Å². The first-order valence-electron chi connectivity index (χ1n) is 17.4. The first-order chi connectivity index (χ1) is 25.3. The number of benzene rings is 8. The van der Waals surface area contributed by atoms with Crippen molar-refractivity contribution >= 4 is 83.8 Å². The predicted molar refractivity (Wildman–Crippen MR) is 213 cm³/mol. The van der Waals surface area contributed by atoms with Gasteiger partial charge in [-0.15, -0.1) is 0 Å². The van der Waals surface area contributed by atoms with Crippen molar-refractivity contribution in [2.24, 2.45) is 0 Å². The van der Waals surface area contributed by atoms with Crippen LogP contribution in [0.3, 0.4) is 0 Å². The first-order valence-corrected chi connectivity index (χ1v) is 17.4. The third-order valence-electron chi connectivity index (χ3n) is 10.5. The van der Waals surface area contributed by atoms with E-state index in [1.165, 1.54) is 21.8 Å². The molecule has 10 aromatic rings. The van der Waals surface area contributed by atoms with Crippen molar-refractivity contribution in [1.29, 1.82) is 0 Å². The van der Waals surface area contributed by atoms with E-state index in [1.807, 2.05) is 12.1 Å². The molecule has 0 bridgehead atoms. The number of para-hydroxylation sites is 2. The van der Waals surface area contributed by atoms with E-state index < -0.39 is 0 Å². The molecule has 11 rings (SSSR count). The van der Waals surface area contributed by atoms with E-state index in [2.05, 4.69) is 163 Å². The molecule has 8 aromatic carbocycles. The van der Waals surface area contributed by atoms with Crippen molar-refractivity contribution in [1.82, 2.24) is 9.97 Å². The number of furan rings is 1. The molecule has 0 fully saturated rings. The number of nitrogens with zero attached hydrogens (tertiary/aromatic N) is 3. The molecule has 4 nitrogen and oxygen atoms in total. The van der Waals surface area contributed by atoms with E-state index in [0.717, 1.165) is 71.6 Å². The highest BCUT2D eigenvalue weighted by molar-refractivity contribution is 6.92. The second-order valence-corrected chi connectivity index (χ2v) is 13.3. The number of hydrogen-bond acceptors (Lipinski definition) is 4. The van der Waals surface area contributed by atoms with Crippen molar-refractivity contribution in [2.45, 2.75) is 0 Å². The highest BCUT2D eigenvalue weighted by Crippen LogP contribution is 2.52. The molecule has 3 heterocycles. The molecule has 0 unspecified atom stereocenters. The van der Waals surface area contributed by atoms with Crippen LogP contribution in [0, 0.1) is 0 Å². The fraction of sp³-hybridized carbons (Fsp3) is 0. The summed E-state index contributed by atoms with van der Waals surface area (Å²) in [5, 5.41) is 7.79. The van der Waals surface area contributed by atoms with Crippen LogP contribution in [0.2, 0.25) is 0 Å². The molecule has 0 aliphatic carbocycles. The molecular formula is C46H28BN3O. The average molecular weight is 650 g/mol. The Morgan fingerprint density at radius 2 is 1.16 bits per heavy atom. The van der Waals surface area contributed by atoms with Gasteiger partial charge in [-0.05, 0) is 39.3 Å². The minimum atomic E-state index is -0.248. The summed E-state index contributed by atoms with van der Waals surface area (Å²) in [6.07, 6.45) is 0. The van der Waals surface area contributed by atoms with E-state index in [-0.39, 0.29) is 6.85 Å². The number of rotatable bonds is 3. The van der Waals surface area contributed by atoms with Gasteiger partial charge in [0.15, 0.2) is 0 Å². The Morgan fingerprint density at radius 3 is 1.98 bits per heavy atom. The van der Waals surface area contributed by atoms with Crippen LogP contribution >= 0.6 is 0 Å². The zero-order valence-electron chi connectivity index (χ0n) is 27.5. The SMILES string of the molecule is c1ccc(B2c3c(ccc4ccccc34)-c3c(c4c5ccccc5oc4c4ccccc34)N2c2nc(-c3ccccc3)c3ccccc3n2)cc1. The molecule has 1 aliphatic rings.